The fourth-order valence-electron chi connectivity index (χ4n) is 4.22. The summed E-state index contributed by atoms with van der Waals surface area (Å²) in [5.41, 5.74) is -2.45. The quantitative estimate of drug-likeness (QED) is 0.223. The van der Waals surface area contributed by atoms with Gasteiger partial charge in [-0.15, -0.1) is 0 Å². The maximum Gasteiger partial charge on any atom is 0.0636 e. The van der Waals surface area contributed by atoms with Crippen LogP contribution in [0.15, 0.2) is 127 Å². The topological polar surface area (TPSA) is 0 Å². The third-order valence-corrected chi connectivity index (χ3v) is 5.69. The van der Waals surface area contributed by atoms with Crippen LogP contribution in [0.3, 0.4) is 0 Å². The van der Waals surface area contributed by atoms with E-state index >= 15 is 0 Å². The standard InChI is InChI=1S/C35H24/c1-23-17-18-26-22-27(20-19-25(26)21-23)34-30-12-4-6-14-32(30)35(33-15-7-5-13-31(33)34)29-16-8-10-24-9-2-3-11-28(24)29/h2-22H,1H3/i2D,3D,4D,5D,6D,7D,8D,9D,10D,11D,12D,13D,14D,15D,16D,17D,18D,19D,20D,21D,22D. The van der Waals surface area contributed by atoms with Crippen molar-refractivity contribution in [2.24, 2.45) is 0 Å². The molecule has 7 aromatic carbocycles. The lowest BCUT2D eigenvalue weighted by molar-refractivity contribution is 1.51. The van der Waals surface area contributed by atoms with Crippen molar-refractivity contribution in [3.8, 4) is 22.3 Å². The SMILES string of the molecule is [2H]c1c(-c2c3c([2H])c([2H])c([2H])c([2H])c3c(-c3c([2H])c([2H])c([2H])c4c([2H])c([2H])c([2H])c([2H])c34)c3c([2H])c([2H])c([2H])c([2H])c23)c([2H])c2c([2H])c([2H])c(C)c([2H])c2c1[2H]. The molecular weight excluding hydrogens is 420 g/mol. The van der Waals surface area contributed by atoms with Crippen LogP contribution in [0.4, 0.5) is 0 Å². The normalized spacial score (nSPS) is 20.0. The highest BCUT2D eigenvalue weighted by Crippen LogP contribution is 2.45. The van der Waals surface area contributed by atoms with Crippen molar-refractivity contribution in [3.63, 3.8) is 0 Å². The van der Waals surface area contributed by atoms with E-state index in [0.29, 0.717) is 0 Å². The minimum atomic E-state index is -0.894. The summed E-state index contributed by atoms with van der Waals surface area (Å²) in [5.74, 6) is 0. The molecule has 0 unspecified atom stereocenters. The Morgan fingerprint density at radius 1 is 0.429 bits per heavy atom. The zero-order valence-corrected chi connectivity index (χ0v) is 18.0. The molecular formula is C35H24. The molecule has 0 spiro atoms. The molecule has 7 rings (SSSR count). The lowest BCUT2D eigenvalue weighted by Gasteiger charge is -2.19. The number of benzene rings is 7. The Labute approximate surface area is 234 Å². The van der Waals surface area contributed by atoms with Gasteiger partial charge >= 0.3 is 0 Å². The summed E-state index contributed by atoms with van der Waals surface area (Å²) < 4.78 is 186. The zero-order valence-electron chi connectivity index (χ0n) is 39.0. The van der Waals surface area contributed by atoms with E-state index in [1.165, 1.54) is 6.92 Å². The fraction of sp³-hybridized carbons (Fsp3) is 0.0286. The molecule has 0 fully saturated rings. The Kier molecular flexibility index (Phi) is 1.80. The maximum absolute atomic E-state index is 9.38. The maximum atomic E-state index is 9.38. The summed E-state index contributed by atoms with van der Waals surface area (Å²) >= 11 is 0. The third kappa shape index (κ3) is 3.15. The molecule has 0 atom stereocenters. The summed E-state index contributed by atoms with van der Waals surface area (Å²) in [6.45, 7) is 1.36. The second kappa shape index (κ2) is 7.82. The second-order valence-corrected chi connectivity index (χ2v) is 7.75. The Hall–Kier alpha value is -4.42. The van der Waals surface area contributed by atoms with Crippen LogP contribution in [-0.4, -0.2) is 0 Å². The van der Waals surface area contributed by atoms with E-state index in [0.717, 1.165) is 0 Å². The first-order valence-corrected chi connectivity index (χ1v) is 10.5. The lowest BCUT2D eigenvalue weighted by atomic mass is 9.84. The predicted molar refractivity (Wildman–Crippen MR) is 152 cm³/mol. The van der Waals surface area contributed by atoms with E-state index in [2.05, 4.69) is 0 Å². The smallest absolute Gasteiger partial charge is 0.0616 e. The van der Waals surface area contributed by atoms with Gasteiger partial charge in [-0.05, 0) is 78.3 Å². The Morgan fingerprint density at radius 3 is 1.69 bits per heavy atom. The first-order chi connectivity index (χ1) is 26.0. The molecule has 0 saturated heterocycles. The predicted octanol–water partition coefficient (Wildman–Crippen LogP) is 9.94. The second-order valence-electron chi connectivity index (χ2n) is 7.75. The van der Waals surface area contributed by atoms with Crippen LogP contribution >= 0.6 is 0 Å². The molecule has 0 bridgehead atoms. The summed E-state index contributed by atoms with van der Waals surface area (Å²) in [7, 11) is 0. The van der Waals surface area contributed by atoms with Gasteiger partial charge in [0.2, 0.25) is 0 Å². The van der Waals surface area contributed by atoms with Gasteiger partial charge in [-0.3, -0.25) is 0 Å². The lowest BCUT2D eigenvalue weighted by Crippen LogP contribution is -1.91. The number of rotatable bonds is 2. The van der Waals surface area contributed by atoms with E-state index in [4.69, 9.17) is 20.6 Å². The molecule has 0 aliphatic heterocycles. The summed E-state index contributed by atoms with van der Waals surface area (Å²) in [6.07, 6.45) is 0. The van der Waals surface area contributed by atoms with Crippen LogP contribution in [-0.2, 0) is 0 Å². The van der Waals surface area contributed by atoms with Crippen molar-refractivity contribution < 1.29 is 28.8 Å². The van der Waals surface area contributed by atoms with Crippen molar-refractivity contribution in [1.29, 1.82) is 0 Å². The number of hydrogen-bond acceptors (Lipinski definition) is 0. The molecule has 0 aliphatic carbocycles. The van der Waals surface area contributed by atoms with Gasteiger partial charge in [0, 0.05) is 0 Å². The van der Waals surface area contributed by atoms with Crippen molar-refractivity contribution in [2.45, 2.75) is 6.92 Å². The van der Waals surface area contributed by atoms with Crippen LogP contribution < -0.4 is 0 Å². The minimum absolute atomic E-state index is 0.0186. The average molecular weight is 466 g/mol. The highest BCUT2D eigenvalue weighted by atomic mass is 14.2. The van der Waals surface area contributed by atoms with Gasteiger partial charge in [-0.25, -0.2) is 0 Å². The summed E-state index contributed by atoms with van der Waals surface area (Å²) in [4.78, 5) is 0. The van der Waals surface area contributed by atoms with Crippen LogP contribution in [0.1, 0.15) is 34.3 Å². The molecule has 7 aromatic rings. The van der Waals surface area contributed by atoms with Crippen LogP contribution in [0, 0.1) is 6.92 Å². The molecule has 0 amide bonds. The van der Waals surface area contributed by atoms with Crippen LogP contribution in [0.2, 0.25) is 0 Å². The third-order valence-electron chi connectivity index (χ3n) is 5.69. The summed E-state index contributed by atoms with van der Waals surface area (Å²) in [6, 6.07) is -16.7. The molecule has 0 N–H and O–H groups in total. The molecule has 0 aliphatic rings. The molecule has 0 heterocycles. The first-order valence-electron chi connectivity index (χ1n) is 21.0. The van der Waals surface area contributed by atoms with Crippen LogP contribution in [0.5, 0.6) is 0 Å². The van der Waals surface area contributed by atoms with E-state index in [1.54, 1.807) is 0 Å². The molecule has 0 nitrogen and oxygen atoms in total. The van der Waals surface area contributed by atoms with Gasteiger partial charge in [-0.2, -0.15) is 0 Å². The van der Waals surface area contributed by atoms with Gasteiger partial charge in [-0.1, -0.05) is 126 Å². The Balaban J connectivity index is 1.96. The molecule has 0 heteroatoms. The van der Waals surface area contributed by atoms with Crippen molar-refractivity contribution >= 4 is 43.1 Å². The van der Waals surface area contributed by atoms with Crippen molar-refractivity contribution in [1.82, 2.24) is 0 Å². The zero-order chi connectivity index (χ0) is 41.6. The number of fused-ring (bicyclic) bond motifs is 4. The van der Waals surface area contributed by atoms with E-state index in [1.807, 2.05) is 0 Å². The highest BCUT2D eigenvalue weighted by molar-refractivity contribution is 6.23. The van der Waals surface area contributed by atoms with Gasteiger partial charge in [0.25, 0.3) is 0 Å². The van der Waals surface area contributed by atoms with Gasteiger partial charge in [0.15, 0.2) is 0 Å². The van der Waals surface area contributed by atoms with E-state index in [9.17, 15) is 8.22 Å². The van der Waals surface area contributed by atoms with Gasteiger partial charge in [0.05, 0.1) is 28.8 Å². The molecule has 0 aromatic heterocycles. The van der Waals surface area contributed by atoms with E-state index < -0.39 is 187 Å². The molecule has 164 valence electrons. The molecule has 0 saturated carbocycles. The van der Waals surface area contributed by atoms with Crippen molar-refractivity contribution in [3.05, 3.63) is 132 Å². The molecule has 0 radical (unpaired) electrons. The highest BCUT2D eigenvalue weighted by Gasteiger charge is 2.17. The average Bonchev–Trinajstić information content (AvgIpc) is 3.17. The van der Waals surface area contributed by atoms with Crippen LogP contribution in [0.25, 0.3) is 65.3 Å². The fourth-order valence-corrected chi connectivity index (χ4v) is 4.22. The Morgan fingerprint density at radius 2 is 0.971 bits per heavy atom. The number of hydrogen-bond donors (Lipinski definition) is 0. The largest absolute Gasteiger partial charge is 0.0636 e. The summed E-state index contributed by atoms with van der Waals surface area (Å²) in [5, 5.41) is -4.31. The molecule has 35 heavy (non-hydrogen) atoms. The monoisotopic (exact) mass is 465 g/mol. The minimum Gasteiger partial charge on any atom is -0.0616 e. The van der Waals surface area contributed by atoms with Crippen molar-refractivity contribution in [2.75, 3.05) is 0 Å². The van der Waals surface area contributed by atoms with E-state index in [-0.39, 0.29) is 10.9 Å². The first kappa shape index (κ1) is 8.07. The Bertz CT molecular complexity index is 2950. The van der Waals surface area contributed by atoms with Gasteiger partial charge in [0.1, 0.15) is 0 Å². The van der Waals surface area contributed by atoms with Gasteiger partial charge < -0.3 is 0 Å².